The van der Waals surface area contributed by atoms with Gasteiger partial charge in [0.2, 0.25) is 0 Å². The predicted octanol–water partition coefficient (Wildman–Crippen LogP) is 6.24. The van der Waals surface area contributed by atoms with Gasteiger partial charge < -0.3 is 10.6 Å². The summed E-state index contributed by atoms with van der Waals surface area (Å²) in [6.45, 7) is 2.28. The number of piperidine rings is 1. The van der Waals surface area contributed by atoms with Gasteiger partial charge in [-0.15, -0.1) is 0 Å². The third-order valence-electron chi connectivity index (χ3n) is 6.32. The second-order valence-electron chi connectivity index (χ2n) is 8.79. The zero-order valence-electron chi connectivity index (χ0n) is 19.5. The lowest BCUT2D eigenvalue weighted by Crippen LogP contribution is -2.46. The van der Waals surface area contributed by atoms with Crippen LogP contribution in [-0.2, 0) is 6.18 Å². The molecule has 9 heteroatoms. The fourth-order valence-corrected chi connectivity index (χ4v) is 4.72. The molecule has 1 aliphatic heterocycles. The minimum Gasteiger partial charge on any atom is -0.342 e. The maximum absolute atomic E-state index is 13.3. The van der Waals surface area contributed by atoms with Crippen molar-refractivity contribution in [2.24, 2.45) is 0 Å². The molecule has 1 saturated heterocycles. The molecule has 1 aromatic heterocycles. The number of pyridine rings is 1. The third-order valence-corrected chi connectivity index (χ3v) is 6.70. The van der Waals surface area contributed by atoms with Crippen LogP contribution >= 0.6 is 11.6 Å². The highest BCUT2D eigenvalue weighted by molar-refractivity contribution is 6.34. The molecule has 0 radical (unpaired) electrons. The first-order chi connectivity index (χ1) is 17.1. The number of carbonyl (C=O) groups is 2. The average Bonchev–Trinajstić information content (AvgIpc) is 2.87. The highest BCUT2D eigenvalue weighted by Crippen LogP contribution is 2.36. The van der Waals surface area contributed by atoms with Gasteiger partial charge in [-0.05, 0) is 55.1 Å². The van der Waals surface area contributed by atoms with Gasteiger partial charge in [-0.1, -0.05) is 60.5 Å². The highest BCUT2D eigenvalue weighted by Gasteiger charge is 2.36. The molecule has 0 aliphatic carbocycles. The van der Waals surface area contributed by atoms with Gasteiger partial charge in [0.05, 0.1) is 16.6 Å². The van der Waals surface area contributed by atoms with Gasteiger partial charge in [0, 0.05) is 17.8 Å². The van der Waals surface area contributed by atoms with E-state index in [1.807, 2.05) is 36.4 Å². The van der Waals surface area contributed by atoms with Crippen molar-refractivity contribution in [3.05, 3.63) is 88.2 Å². The second kappa shape index (κ2) is 10.8. The molecule has 5 nitrogen and oxygen atoms in total. The summed E-state index contributed by atoms with van der Waals surface area (Å²) in [5, 5.41) is 5.57. The quantitative estimate of drug-likeness (QED) is 0.381. The topological polar surface area (TPSA) is 71.1 Å². The Morgan fingerprint density at radius 1 is 1.08 bits per heavy atom. The van der Waals surface area contributed by atoms with E-state index in [9.17, 15) is 22.8 Å². The van der Waals surface area contributed by atoms with Crippen LogP contribution in [0.1, 0.15) is 64.2 Å². The number of rotatable bonds is 6. The molecule has 0 bridgehead atoms. The Morgan fingerprint density at radius 2 is 1.83 bits per heavy atom. The van der Waals surface area contributed by atoms with Crippen molar-refractivity contribution in [2.75, 3.05) is 6.54 Å². The zero-order valence-corrected chi connectivity index (χ0v) is 20.3. The van der Waals surface area contributed by atoms with Crippen molar-refractivity contribution in [3.8, 4) is 11.1 Å². The van der Waals surface area contributed by atoms with Crippen molar-refractivity contribution in [3.63, 3.8) is 0 Å². The molecule has 0 spiro atoms. The molecule has 1 fully saturated rings. The molecular weight excluding hydrogens is 491 g/mol. The Morgan fingerprint density at radius 3 is 2.47 bits per heavy atom. The number of ketones is 1. The number of carbonyl (C=O) groups excluding carboxylic acids is 2. The maximum Gasteiger partial charge on any atom is 0.417 e. The molecule has 0 saturated carbocycles. The number of halogens is 4. The van der Waals surface area contributed by atoms with Gasteiger partial charge in [-0.25, -0.2) is 4.98 Å². The monoisotopic (exact) mass is 515 g/mol. The average molecular weight is 516 g/mol. The molecule has 2 N–H and O–H groups in total. The van der Waals surface area contributed by atoms with E-state index < -0.39 is 34.4 Å². The molecule has 1 aliphatic rings. The lowest BCUT2D eigenvalue weighted by atomic mass is 9.90. The molecule has 2 aromatic carbocycles. The van der Waals surface area contributed by atoms with Crippen molar-refractivity contribution >= 4 is 23.3 Å². The Balaban J connectivity index is 1.67. The van der Waals surface area contributed by atoms with Gasteiger partial charge in [0.15, 0.2) is 5.78 Å². The second-order valence-corrected chi connectivity index (χ2v) is 9.16. The largest absolute Gasteiger partial charge is 0.417 e. The Kier molecular flexibility index (Phi) is 7.76. The highest BCUT2D eigenvalue weighted by atomic mass is 35.5. The third kappa shape index (κ3) is 5.77. The van der Waals surface area contributed by atoms with E-state index in [-0.39, 0.29) is 11.8 Å². The standard InChI is InChI=1S/C27H25ClF3N3O2/c1-16(35)17-8-10-18(11-9-17)19-5-4-6-20(15-19)24(22-7-2-3-13-32-22)34-26(36)25-23(28)21(12-14-33-25)27(29,30)31/h4-6,8-12,14-15,22,24,32H,2-3,7,13H2,1H3,(H,34,36)/t22-,24-/m0/s1. The summed E-state index contributed by atoms with van der Waals surface area (Å²) in [5.74, 6) is -0.803. The fourth-order valence-electron chi connectivity index (χ4n) is 4.42. The zero-order chi connectivity index (χ0) is 25.9. The molecule has 2 heterocycles. The number of alkyl halides is 3. The van der Waals surface area contributed by atoms with Crippen LogP contribution in [0.3, 0.4) is 0 Å². The first-order valence-electron chi connectivity index (χ1n) is 11.6. The van der Waals surface area contributed by atoms with Gasteiger partial charge >= 0.3 is 6.18 Å². The molecule has 3 aromatic rings. The predicted molar refractivity (Wildman–Crippen MR) is 132 cm³/mol. The van der Waals surface area contributed by atoms with Crippen LogP contribution in [0, 0.1) is 0 Å². The summed E-state index contributed by atoms with van der Waals surface area (Å²) in [7, 11) is 0. The van der Waals surface area contributed by atoms with E-state index in [0.29, 0.717) is 5.56 Å². The Hall–Kier alpha value is -3.23. The van der Waals surface area contributed by atoms with Crippen molar-refractivity contribution < 1.29 is 22.8 Å². The lowest BCUT2D eigenvalue weighted by Gasteiger charge is -2.32. The first-order valence-corrected chi connectivity index (χ1v) is 12.0. The summed E-state index contributed by atoms with van der Waals surface area (Å²) in [4.78, 5) is 28.6. The SMILES string of the molecule is CC(=O)c1ccc(-c2cccc([C@H](NC(=O)c3nccc(C(F)(F)F)c3Cl)[C@@H]3CCCCN3)c2)cc1. The smallest absolute Gasteiger partial charge is 0.342 e. The van der Waals surface area contributed by atoms with E-state index >= 15 is 0 Å². The van der Waals surface area contributed by atoms with Crippen LogP contribution < -0.4 is 10.6 Å². The van der Waals surface area contributed by atoms with Crippen LogP contribution in [-0.4, -0.2) is 29.3 Å². The lowest BCUT2D eigenvalue weighted by molar-refractivity contribution is -0.137. The van der Waals surface area contributed by atoms with Gasteiger partial charge in [-0.3, -0.25) is 9.59 Å². The summed E-state index contributed by atoms with van der Waals surface area (Å²) >= 11 is 5.96. The molecule has 36 heavy (non-hydrogen) atoms. The molecule has 4 rings (SSSR count). The van der Waals surface area contributed by atoms with Crippen molar-refractivity contribution in [1.29, 1.82) is 0 Å². The Bertz CT molecular complexity index is 1260. The molecule has 2 atom stereocenters. The fraction of sp³-hybridized carbons (Fsp3) is 0.296. The van der Waals surface area contributed by atoms with E-state index in [1.54, 1.807) is 12.1 Å². The summed E-state index contributed by atoms with van der Waals surface area (Å²) < 4.78 is 39.9. The molecule has 188 valence electrons. The van der Waals surface area contributed by atoms with Crippen LogP contribution in [0.4, 0.5) is 13.2 Å². The van der Waals surface area contributed by atoms with Gasteiger partial charge in [-0.2, -0.15) is 13.2 Å². The maximum atomic E-state index is 13.3. The Labute approximate surface area is 212 Å². The minimum atomic E-state index is -4.70. The number of amides is 1. The van der Waals surface area contributed by atoms with Gasteiger partial charge in [0.25, 0.3) is 5.91 Å². The number of benzene rings is 2. The van der Waals surface area contributed by atoms with Crippen LogP contribution in [0.2, 0.25) is 5.02 Å². The molecule has 1 amide bonds. The molecular formula is C27H25ClF3N3O2. The number of nitrogens with zero attached hydrogens (tertiary/aromatic N) is 1. The summed E-state index contributed by atoms with van der Waals surface area (Å²) in [5.41, 5.74) is 1.60. The molecule has 0 unspecified atom stereocenters. The van der Waals surface area contributed by atoms with Crippen LogP contribution in [0.5, 0.6) is 0 Å². The van der Waals surface area contributed by atoms with E-state index in [0.717, 1.165) is 54.8 Å². The summed E-state index contributed by atoms with van der Waals surface area (Å²) in [6.07, 6.45) is -1.03. The first kappa shape index (κ1) is 25.9. The number of hydrogen-bond donors (Lipinski definition) is 2. The van der Waals surface area contributed by atoms with E-state index in [4.69, 9.17) is 11.6 Å². The van der Waals surface area contributed by atoms with E-state index in [1.165, 1.54) is 6.92 Å². The van der Waals surface area contributed by atoms with Crippen molar-refractivity contribution in [2.45, 2.75) is 44.4 Å². The van der Waals surface area contributed by atoms with Gasteiger partial charge in [0.1, 0.15) is 5.69 Å². The summed E-state index contributed by atoms with van der Waals surface area (Å²) in [6, 6.07) is 14.9. The normalized spacial score (nSPS) is 16.9. The number of hydrogen-bond acceptors (Lipinski definition) is 4. The van der Waals surface area contributed by atoms with Crippen LogP contribution in [0.25, 0.3) is 11.1 Å². The van der Waals surface area contributed by atoms with Crippen LogP contribution in [0.15, 0.2) is 60.8 Å². The number of nitrogens with one attached hydrogen (secondary N) is 2. The minimum absolute atomic E-state index is 0.0247. The number of Topliss-reactive ketones (excluding diaryl/α,β-unsaturated/α-hetero) is 1. The van der Waals surface area contributed by atoms with Crippen molar-refractivity contribution in [1.82, 2.24) is 15.6 Å². The van der Waals surface area contributed by atoms with E-state index in [2.05, 4.69) is 15.6 Å². The number of aromatic nitrogens is 1.